The maximum atomic E-state index is 13.0. The highest BCUT2D eigenvalue weighted by molar-refractivity contribution is 9.10. The van der Waals surface area contributed by atoms with Crippen molar-refractivity contribution in [2.45, 2.75) is 12.5 Å². The molecule has 7 nitrogen and oxygen atoms in total. The largest absolute Gasteiger partial charge is 0.457 e. The second kappa shape index (κ2) is 8.84. The molecule has 0 aromatic heterocycles. The minimum absolute atomic E-state index is 0.396. The van der Waals surface area contributed by atoms with Gasteiger partial charge in [0.05, 0.1) is 0 Å². The Labute approximate surface area is 193 Å². The number of hydrogen-bond acceptors (Lipinski definition) is 4. The third-order valence-corrected chi connectivity index (χ3v) is 5.80. The molecule has 0 aliphatic carbocycles. The fourth-order valence-corrected chi connectivity index (χ4v) is 4.15. The summed E-state index contributed by atoms with van der Waals surface area (Å²) >= 11 is 3.42. The number of hydrogen-bond donors (Lipinski definition) is 2. The lowest BCUT2D eigenvalue weighted by molar-refractivity contribution is -0.133. The highest BCUT2D eigenvalue weighted by atomic mass is 79.9. The Morgan fingerprint density at radius 1 is 0.969 bits per heavy atom. The Kier molecular flexibility index (Phi) is 5.96. The van der Waals surface area contributed by atoms with E-state index in [4.69, 9.17) is 4.74 Å². The molecular weight excluding hydrogens is 474 g/mol. The fourth-order valence-electron chi connectivity index (χ4n) is 3.46. The standard InChI is InChI=1S/C24H20BrN3O4/c1-24(19-9-5-6-10-20(19)25)22(30)28(23(31)27-24)15-21(29)26-16-11-13-18(14-12-16)32-17-7-3-2-4-8-17/h2-14H,15H2,1H3,(H,26,29)(H,27,31)/t24-/m0/s1. The Morgan fingerprint density at radius 2 is 1.59 bits per heavy atom. The predicted molar refractivity (Wildman–Crippen MR) is 123 cm³/mol. The zero-order valence-corrected chi connectivity index (χ0v) is 18.8. The van der Waals surface area contributed by atoms with Gasteiger partial charge in [-0.2, -0.15) is 0 Å². The van der Waals surface area contributed by atoms with Crippen molar-refractivity contribution in [2.75, 3.05) is 11.9 Å². The van der Waals surface area contributed by atoms with Crippen LogP contribution >= 0.6 is 15.9 Å². The molecule has 1 saturated heterocycles. The summed E-state index contributed by atoms with van der Waals surface area (Å²) in [6, 6.07) is 22.7. The summed E-state index contributed by atoms with van der Waals surface area (Å²) in [5.41, 5.74) is -0.111. The van der Waals surface area contributed by atoms with E-state index in [1.807, 2.05) is 36.4 Å². The Balaban J connectivity index is 1.40. The van der Waals surface area contributed by atoms with Crippen molar-refractivity contribution < 1.29 is 19.1 Å². The van der Waals surface area contributed by atoms with Crippen LogP contribution in [0.3, 0.4) is 0 Å². The first kappa shape index (κ1) is 21.6. The molecule has 4 rings (SSSR count). The first-order valence-corrected chi connectivity index (χ1v) is 10.7. The molecule has 2 N–H and O–H groups in total. The minimum Gasteiger partial charge on any atom is -0.457 e. The Morgan fingerprint density at radius 3 is 2.28 bits per heavy atom. The molecular formula is C24H20BrN3O4. The monoisotopic (exact) mass is 493 g/mol. The minimum atomic E-state index is -1.26. The van der Waals surface area contributed by atoms with Gasteiger partial charge >= 0.3 is 6.03 Å². The lowest BCUT2D eigenvalue weighted by Gasteiger charge is -2.23. The summed E-state index contributed by atoms with van der Waals surface area (Å²) in [6.45, 7) is 1.23. The molecule has 162 valence electrons. The number of urea groups is 1. The molecule has 0 bridgehead atoms. The van der Waals surface area contributed by atoms with E-state index < -0.39 is 29.9 Å². The third-order valence-electron chi connectivity index (χ3n) is 5.11. The van der Waals surface area contributed by atoms with E-state index in [0.29, 0.717) is 27.2 Å². The number of nitrogens with zero attached hydrogens (tertiary/aromatic N) is 1. The number of imide groups is 1. The van der Waals surface area contributed by atoms with Crippen LogP contribution in [0.2, 0.25) is 0 Å². The molecule has 0 saturated carbocycles. The Bertz CT molecular complexity index is 1170. The van der Waals surface area contributed by atoms with E-state index >= 15 is 0 Å². The zero-order valence-electron chi connectivity index (χ0n) is 17.2. The van der Waals surface area contributed by atoms with Crippen LogP contribution in [0, 0.1) is 0 Å². The summed E-state index contributed by atoms with van der Waals surface area (Å²) in [5, 5.41) is 5.40. The molecule has 32 heavy (non-hydrogen) atoms. The van der Waals surface area contributed by atoms with Crippen LogP contribution in [0.5, 0.6) is 11.5 Å². The summed E-state index contributed by atoms with van der Waals surface area (Å²) in [7, 11) is 0. The lowest BCUT2D eigenvalue weighted by Crippen LogP contribution is -2.42. The van der Waals surface area contributed by atoms with Gasteiger partial charge in [-0.25, -0.2) is 4.79 Å². The van der Waals surface area contributed by atoms with Gasteiger partial charge < -0.3 is 15.4 Å². The number of ether oxygens (including phenoxy) is 1. The number of amides is 4. The number of nitrogens with one attached hydrogen (secondary N) is 2. The van der Waals surface area contributed by atoms with Crippen LogP contribution in [0.25, 0.3) is 0 Å². The molecule has 4 amide bonds. The molecule has 3 aromatic carbocycles. The highest BCUT2D eigenvalue weighted by Gasteiger charge is 2.50. The topological polar surface area (TPSA) is 87.7 Å². The molecule has 3 aromatic rings. The second-order valence-corrected chi connectivity index (χ2v) is 8.27. The second-order valence-electron chi connectivity index (χ2n) is 7.41. The van der Waals surface area contributed by atoms with Crippen LogP contribution in [0.15, 0.2) is 83.3 Å². The maximum absolute atomic E-state index is 13.0. The number of halogens is 1. The van der Waals surface area contributed by atoms with Gasteiger partial charge in [-0.3, -0.25) is 14.5 Å². The van der Waals surface area contributed by atoms with Crippen molar-refractivity contribution in [3.8, 4) is 11.5 Å². The normalized spacial score (nSPS) is 17.8. The predicted octanol–water partition coefficient (Wildman–Crippen LogP) is 4.65. The van der Waals surface area contributed by atoms with Gasteiger partial charge in [-0.05, 0) is 49.4 Å². The van der Waals surface area contributed by atoms with Gasteiger partial charge in [-0.1, -0.05) is 52.3 Å². The van der Waals surface area contributed by atoms with Crippen LogP contribution in [-0.2, 0) is 15.1 Å². The molecule has 1 heterocycles. The average molecular weight is 494 g/mol. The van der Waals surface area contributed by atoms with Gasteiger partial charge in [0.15, 0.2) is 0 Å². The molecule has 0 radical (unpaired) electrons. The molecule has 1 aliphatic rings. The summed E-state index contributed by atoms with van der Waals surface area (Å²) in [6.07, 6.45) is 0. The van der Waals surface area contributed by atoms with E-state index in [2.05, 4.69) is 26.6 Å². The number of para-hydroxylation sites is 1. The van der Waals surface area contributed by atoms with Crippen molar-refractivity contribution in [3.63, 3.8) is 0 Å². The van der Waals surface area contributed by atoms with Crippen molar-refractivity contribution in [1.29, 1.82) is 0 Å². The molecule has 0 spiro atoms. The maximum Gasteiger partial charge on any atom is 0.325 e. The van der Waals surface area contributed by atoms with Gasteiger partial charge in [0, 0.05) is 15.7 Å². The van der Waals surface area contributed by atoms with Crippen molar-refractivity contribution in [1.82, 2.24) is 10.2 Å². The number of carbonyl (C=O) groups excluding carboxylic acids is 3. The van der Waals surface area contributed by atoms with E-state index in [-0.39, 0.29) is 0 Å². The summed E-state index contributed by atoms with van der Waals surface area (Å²) in [5.74, 6) is 0.348. The third kappa shape index (κ3) is 4.36. The lowest BCUT2D eigenvalue weighted by atomic mass is 9.92. The van der Waals surface area contributed by atoms with E-state index in [0.717, 1.165) is 4.90 Å². The number of rotatable bonds is 6. The fraction of sp³-hybridized carbons (Fsp3) is 0.125. The van der Waals surface area contributed by atoms with Gasteiger partial charge in [0.25, 0.3) is 5.91 Å². The molecule has 1 fully saturated rings. The number of carbonyl (C=O) groups is 3. The quantitative estimate of drug-likeness (QED) is 0.489. The molecule has 0 unspecified atom stereocenters. The van der Waals surface area contributed by atoms with Crippen LogP contribution < -0.4 is 15.4 Å². The Hall–Kier alpha value is -3.65. The van der Waals surface area contributed by atoms with Crippen LogP contribution in [0.4, 0.5) is 10.5 Å². The average Bonchev–Trinajstić information content (AvgIpc) is 3.00. The number of anilines is 1. The SMILES string of the molecule is C[C@@]1(c2ccccc2Br)NC(=O)N(CC(=O)Nc2ccc(Oc3ccccc3)cc2)C1=O. The van der Waals surface area contributed by atoms with E-state index in [9.17, 15) is 14.4 Å². The van der Waals surface area contributed by atoms with Crippen LogP contribution in [-0.4, -0.2) is 29.3 Å². The smallest absolute Gasteiger partial charge is 0.325 e. The highest BCUT2D eigenvalue weighted by Crippen LogP contribution is 2.33. The van der Waals surface area contributed by atoms with Crippen molar-refractivity contribution in [3.05, 3.63) is 88.9 Å². The van der Waals surface area contributed by atoms with E-state index in [1.54, 1.807) is 49.4 Å². The van der Waals surface area contributed by atoms with E-state index in [1.165, 1.54) is 0 Å². The summed E-state index contributed by atoms with van der Waals surface area (Å²) in [4.78, 5) is 38.9. The first-order valence-electron chi connectivity index (χ1n) is 9.89. The molecule has 1 aliphatic heterocycles. The van der Waals surface area contributed by atoms with Crippen molar-refractivity contribution in [2.24, 2.45) is 0 Å². The van der Waals surface area contributed by atoms with Crippen molar-refractivity contribution >= 4 is 39.5 Å². The van der Waals surface area contributed by atoms with Gasteiger partial charge in [0.2, 0.25) is 5.91 Å². The van der Waals surface area contributed by atoms with Gasteiger partial charge in [-0.15, -0.1) is 0 Å². The van der Waals surface area contributed by atoms with Crippen LogP contribution in [0.1, 0.15) is 12.5 Å². The number of benzene rings is 3. The van der Waals surface area contributed by atoms with Gasteiger partial charge in [0.1, 0.15) is 23.6 Å². The first-order chi connectivity index (χ1) is 15.4. The molecule has 8 heteroatoms. The summed E-state index contributed by atoms with van der Waals surface area (Å²) < 4.78 is 6.42. The molecule has 1 atom stereocenters. The zero-order chi connectivity index (χ0) is 22.7.